The highest BCUT2D eigenvalue weighted by atomic mass is 16.7. The van der Waals surface area contributed by atoms with Crippen LogP contribution in [0, 0.1) is 0 Å². The Bertz CT molecular complexity index is 834. The van der Waals surface area contributed by atoms with Crippen LogP contribution in [0.15, 0.2) is 30.3 Å². The second-order valence-corrected chi connectivity index (χ2v) is 6.85. The molecule has 0 bridgehead atoms. The Labute approximate surface area is 178 Å². The number of benzene rings is 1. The molecule has 168 valence electrons. The molecule has 2 rings (SSSR count). The van der Waals surface area contributed by atoms with Gasteiger partial charge in [-0.2, -0.15) is 0 Å². The molecule has 0 aromatic heterocycles. The van der Waals surface area contributed by atoms with Crippen LogP contribution in [0.4, 0.5) is 0 Å². The topological polar surface area (TPSA) is 132 Å². The van der Waals surface area contributed by atoms with E-state index >= 15 is 0 Å². The van der Waals surface area contributed by atoms with Crippen LogP contribution in [0.5, 0.6) is 0 Å². The van der Waals surface area contributed by atoms with Crippen LogP contribution in [0.1, 0.15) is 38.1 Å². The molecule has 1 heterocycles. The number of rotatable bonds is 7. The Morgan fingerprint density at radius 2 is 1.26 bits per heavy atom. The summed E-state index contributed by atoms with van der Waals surface area (Å²) >= 11 is 0. The molecule has 0 saturated carbocycles. The fraction of sp³-hybridized carbons (Fsp3) is 0.476. The molecule has 1 aliphatic heterocycles. The number of hydrogen-bond donors (Lipinski definition) is 0. The van der Waals surface area contributed by atoms with Crippen LogP contribution in [0.3, 0.4) is 0 Å². The summed E-state index contributed by atoms with van der Waals surface area (Å²) in [7, 11) is 0. The Hall–Kier alpha value is -3.27. The highest BCUT2D eigenvalue weighted by Crippen LogP contribution is 2.31. The van der Waals surface area contributed by atoms with Gasteiger partial charge in [0.25, 0.3) is 0 Å². The predicted octanol–water partition coefficient (Wildman–Crippen LogP) is 0.995. The summed E-state index contributed by atoms with van der Waals surface area (Å²) in [5.41, 5.74) is 0.253. The van der Waals surface area contributed by atoms with Gasteiger partial charge < -0.3 is 23.7 Å². The smallest absolute Gasteiger partial charge is 0.303 e. The molecule has 1 aliphatic rings. The number of ether oxygens (including phenoxy) is 5. The molecule has 1 saturated heterocycles. The fourth-order valence-corrected chi connectivity index (χ4v) is 3.21. The Kier molecular flexibility index (Phi) is 8.26. The SMILES string of the molecule is CC(=O)OC[C@H]1OC(C(=O)c2ccccc2)[C@H](OC(C)=O)[C@@H](OC(C)=O)[C@@H]1OC(C)=O. The summed E-state index contributed by atoms with van der Waals surface area (Å²) in [5.74, 6) is -3.47. The maximum Gasteiger partial charge on any atom is 0.303 e. The van der Waals surface area contributed by atoms with Crippen molar-refractivity contribution in [2.75, 3.05) is 6.61 Å². The molecular formula is C21H24O10. The number of esters is 4. The third kappa shape index (κ3) is 6.61. The Morgan fingerprint density at radius 1 is 0.742 bits per heavy atom. The van der Waals surface area contributed by atoms with E-state index in [4.69, 9.17) is 23.7 Å². The number of ketones is 1. The molecule has 1 aromatic carbocycles. The number of carbonyl (C=O) groups excluding carboxylic acids is 5. The highest BCUT2D eigenvalue weighted by molar-refractivity contribution is 6.00. The second kappa shape index (κ2) is 10.7. The number of Topliss-reactive ketones (excluding diaryl/α,β-unsaturated/α-hetero) is 1. The molecule has 5 atom stereocenters. The van der Waals surface area contributed by atoms with Gasteiger partial charge in [-0.05, 0) is 0 Å². The summed E-state index contributed by atoms with van der Waals surface area (Å²) in [4.78, 5) is 59.7. The lowest BCUT2D eigenvalue weighted by atomic mass is 9.90. The quantitative estimate of drug-likeness (QED) is 0.346. The molecule has 0 N–H and O–H groups in total. The average molecular weight is 436 g/mol. The lowest BCUT2D eigenvalue weighted by molar-refractivity contribution is -0.243. The van der Waals surface area contributed by atoms with Crippen LogP contribution in [0.25, 0.3) is 0 Å². The summed E-state index contributed by atoms with van der Waals surface area (Å²) in [5, 5.41) is 0. The minimum atomic E-state index is -1.41. The van der Waals surface area contributed by atoms with Gasteiger partial charge in [-0.3, -0.25) is 24.0 Å². The van der Waals surface area contributed by atoms with Gasteiger partial charge in [-0.1, -0.05) is 30.3 Å². The first-order chi connectivity index (χ1) is 14.6. The van der Waals surface area contributed by atoms with Crippen molar-refractivity contribution in [1.82, 2.24) is 0 Å². The largest absolute Gasteiger partial charge is 0.463 e. The predicted molar refractivity (Wildman–Crippen MR) is 103 cm³/mol. The first-order valence-electron chi connectivity index (χ1n) is 9.50. The van der Waals surface area contributed by atoms with Crippen molar-refractivity contribution in [3.05, 3.63) is 35.9 Å². The molecule has 1 unspecified atom stereocenters. The lowest BCUT2D eigenvalue weighted by Gasteiger charge is -2.43. The molecular weight excluding hydrogens is 412 g/mol. The fourth-order valence-electron chi connectivity index (χ4n) is 3.21. The van der Waals surface area contributed by atoms with Crippen molar-refractivity contribution in [2.24, 2.45) is 0 Å². The van der Waals surface area contributed by atoms with Crippen molar-refractivity contribution >= 4 is 29.7 Å². The average Bonchev–Trinajstić information content (AvgIpc) is 2.68. The first-order valence-corrected chi connectivity index (χ1v) is 9.50. The van der Waals surface area contributed by atoms with E-state index in [2.05, 4.69) is 0 Å². The highest BCUT2D eigenvalue weighted by Gasteiger charge is 2.54. The molecule has 1 fully saturated rings. The number of hydrogen-bond acceptors (Lipinski definition) is 10. The maximum absolute atomic E-state index is 13.2. The molecule has 0 aliphatic carbocycles. The minimum Gasteiger partial charge on any atom is -0.463 e. The standard InChI is InChI=1S/C21H24O10/c1-11(22)27-10-16-18(28-12(2)23)20(29-13(3)24)21(30-14(4)25)19(31-16)17(26)15-8-6-5-7-9-15/h5-9,16,18-21H,10H2,1-4H3/t16-,18-,19?,20+,21+/m1/s1. The summed E-state index contributed by atoms with van der Waals surface area (Å²) < 4.78 is 26.7. The Morgan fingerprint density at radius 3 is 1.77 bits per heavy atom. The lowest BCUT2D eigenvalue weighted by Crippen LogP contribution is -2.64. The van der Waals surface area contributed by atoms with E-state index < -0.39 is 66.8 Å². The van der Waals surface area contributed by atoms with E-state index in [1.54, 1.807) is 18.2 Å². The van der Waals surface area contributed by atoms with Crippen LogP contribution in [0.2, 0.25) is 0 Å². The van der Waals surface area contributed by atoms with E-state index in [0.717, 1.165) is 20.8 Å². The van der Waals surface area contributed by atoms with E-state index in [1.165, 1.54) is 19.1 Å². The van der Waals surface area contributed by atoms with Crippen LogP contribution in [-0.4, -0.2) is 66.8 Å². The molecule has 0 amide bonds. The molecule has 1 aromatic rings. The summed E-state index contributed by atoms with van der Waals surface area (Å²) in [6.07, 6.45) is -6.67. The number of carbonyl (C=O) groups is 5. The van der Waals surface area contributed by atoms with Gasteiger partial charge in [0.15, 0.2) is 30.2 Å². The van der Waals surface area contributed by atoms with Gasteiger partial charge in [0.1, 0.15) is 12.7 Å². The van der Waals surface area contributed by atoms with Gasteiger partial charge in [-0.15, -0.1) is 0 Å². The Balaban J connectivity index is 2.51. The van der Waals surface area contributed by atoms with E-state index in [-0.39, 0.29) is 5.56 Å². The second-order valence-electron chi connectivity index (χ2n) is 6.85. The van der Waals surface area contributed by atoms with Crippen molar-refractivity contribution in [3.8, 4) is 0 Å². The molecule has 10 nitrogen and oxygen atoms in total. The first kappa shape index (κ1) is 24.0. The summed E-state index contributed by atoms with van der Waals surface area (Å²) in [6.45, 7) is 4.12. The van der Waals surface area contributed by atoms with Crippen LogP contribution in [-0.2, 0) is 42.9 Å². The maximum atomic E-state index is 13.2. The third-order valence-corrected chi connectivity index (χ3v) is 4.31. The van der Waals surface area contributed by atoms with Gasteiger partial charge in [-0.25, -0.2) is 0 Å². The summed E-state index contributed by atoms with van der Waals surface area (Å²) in [6, 6.07) is 8.06. The van der Waals surface area contributed by atoms with Crippen molar-refractivity contribution < 1.29 is 47.7 Å². The van der Waals surface area contributed by atoms with Crippen molar-refractivity contribution in [2.45, 2.75) is 58.2 Å². The minimum absolute atomic E-state index is 0.253. The molecule has 0 spiro atoms. The molecule has 10 heteroatoms. The molecule has 31 heavy (non-hydrogen) atoms. The van der Waals surface area contributed by atoms with Crippen molar-refractivity contribution in [1.29, 1.82) is 0 Å². The van der Waals surface area contributed by atoms with Gasteiger partial charge in [0, 0.05) is 33.3 Å². The van der Waals surface area contributed by atoms with Crippen molar-refractivity contribution in [3.63, 3.8) is 0 Å². The van der Waals surface area contributed by atoms with Gasteiger partial charge in [0.05, 0.1) is 0 Å². The zero-order chi connectivity index (χ0) is 23.1. The zero-order valence-corrected chi connectivity index (χ0v) is 17.6. The normalized spacial score (nSPS) is 25.1. The van der Waals surface area contributed by atoms with E-state index in [9.17, 15) is 24.0 Å². The van der Waals surface area contributed by atoms with Crippen LogP contribution >= 0.6 is 0 Å². The van der Waals surface area contributed by atoms with Gasteiger partial charge >= 0.3 is 23.9 Å². The van der Waals surface area contributed by atoms with E-state index in [1.807, 2.05) is 0 Å². The molecule has 0 radical (unpaired) electrons. The van der Waals surface area contributed by atoms with Gasteiger partial charge in [0.2, 0.25) is 0 Å². The van der Waals surface area contributed by atoms with Crippen LogP contribution < -0.4 is 0 Å². The zero-order valence-electron chi connectivity index (χ0n) is 17.6. The third-order valence-electron chi connectivity index (χ3n) is 4.31. The van der Waals surface area contributed by atoms with E-state index in [0.29, 0.717) is 0 Å². The monoisotopic (exact) mass is 436 g/mol.